The van der Waals surface area contributed by atoms with Gasteiger partial charge in [0.05, 0.1) is 16.3 Å². The Labute approximate surface area is 153 Å². The largest absolute Gasteiger partial charge is 0.351 e. The summed E-state index contributed by atoms with van der Waals surface area (Å²) in [6, 6.07) is 4.91. The molecule has 0 fully saturated rings. The van der Waals surface area contributed by atoms with Gasteiger partial charge in [-0.25, -0.2) is 0 Å². The lowest BCUT2D eigenvalue weighted by atomic mass is 10.2. The molecule has 134 valence electrons. The number of benzene rings is 1. The quantitative estimate of drug-likeness (QED) is 0.773. The van der Waals surface area contributed by atoms with E-state index in [1.807, 2.05) is 19.0 Å². The molecule has 0 aliphatic rings. The first-order valence-electron chi connectivity index (χ1n) is 7.75. The molecule has 0 bridgehead atoms. The third-order valence-electron chi connectivity index (χ3n) is 2.98. The van der Waals surface area contributed by atoms with Gasteiger partial charge in [-0.15, -0.1) is 11.8 Å². The minimum Gasteiger partial charge on any atom is -0.351 e. The minimum absolute atomic E-state index is 0.0312. The van der Waals surface area contributed by atoms with Gasteiger partial charge in [0.25, 0.3) is 5.91 Å². The van der Waals surface area contributed by atoms with E-state index in [0.29, 0.717) is 28.6 Å². The SMILES string of the molecule is CN(C)CCNC(=O)c1ccc(NC(=O)CSC(C)(C)C)cc1Cl. The maximum Gasteiger partial charge on any atom is 0.252 e. The number of hydrogen-bond donors (Lipinski definition) is 2. The predicted octanol–water partition coefficient (Wildman–Crippen LogP) is 3.10. The second-order valence-electron chi connectivity index (χ2n) is 6.70. The molecule has 5 nitrogen and oxygen atoms in total. The van der Waals surface area contributed by atoms with Gasteiger partial charge in [-0.05, 0) is 32.3 Å². The molecule has 1 aromatic carbocycles. The van der Waals surface area contributed by atoms with Crippen LogP contribution in [0, 0.1) is 0 Å². The highest BCUT2D eigenvalue weighted by molar-refractivity contribution is 8.01. The van der Waals surface area contributed by atoms with E-state index in [4.69, 9.17) is 11.6 Å². The second kappa shape index (κ2) is 9.30. The summed E-state index contributed by atoms with van der Waals surface area (Å²) in [6.07, 6.45) is 0. The molecule has 1 rings (SSSR count). The summed E-state index contributed by atoms with van der Waals surface area (Å²) in [5.74, 6) is 0.0608. The maximum atomic E-state index is 12.1. The molecule has 0 saturated heterocycles. The Hall–Kier alpha value is -1.24. The van der Waals surface area contributed by atoms with Gasteiger partial charge in [0, 0.05) is 23.5 Å². The lowest BCUT2D eigenvalue weighted by Gasteiger charge is -2.17. The molecule has 24 heavy (non-hydrogen) atoms. The summed E-state index contributed by atoms with van der Waals surface area (Å²) in [5.41, 5.74) is 0.988. The number of hydrogen-bond acceptors (Lipinski definition) is 4. The number of carbonyl (C=O) groups is 2. The van der Waals surface area contributed by atoms with Gasteiger partial charge in [-0.2, -0.15) is 0 Å². The monoisotopic (exact) mass is 371 g/mol. The Kier molecular flexibility index (Phi) is 8.06. The first kappa shape index (κ1) is 20.8. The van der Waals surface area contributed by atoms with Crippen molar-refractivity contribution >= 4 is 40.9 Å². The minimum atomic E-state index is -0.219. The number of thioether (sulfide) groups is 1. The van der Waals surface area contributed by atoms with Gasteiger partial charge in [-0.1, -0.05) is 32.4 Å². The summed E-state index contributed by atoms with van der Waals surface area (Å²) >= 11 is 7.74. The van der Waals surface area contributed by atoms with Crippen molar-refractivity contribution in [3.8, 4) is 0 Å². The fourth-order valence-corrected chi connectivity index (χ4v) is 2.65. The first-order chi connectivity index (χ1) is 11.1. The highest BCUT2D eigenvalue weighted by Crippen LogP contribution is 2.24. The van der Waals surface area contributed by atoms with Gasteiger partial charge in [-0.3, -0.25) is 9.59 Å². The van der Waals surface area contributed by atoms with Crippen LogP contribution in [0.25, 0.3) is 0 Å². The fourth-order valence-electron chi connectivity index (χ4n) is 1.74. The van der Waals surface area contributed by atoms with Gasteiger partial charge in [0.2, 0.25) is 5.91 Å². The van der Waals surface area contributed by atoms with E-state index in [1.165, 1.54) is 0 Å². The van der Waals surface area contributed by atoms with Crippen molar-refractivity contribution in [3.05, 3.63) is 28.8 Å². The molecule has 0 aliphatic carbocycles. The normalized spacial score (nSPS) is 11.5. The predicted molar refractivity (Wildman–Crippen MR) is 103 cm³/mol. The van der Waals surface area contributed by atoms with Crippen LogP contribution in [-0.2, 0) is 4.79 Å². The van der Waals surface area contributed by atoms with Gasteiger partial charge in [0.15, 0.2) is 0 Å². The summed E-state index contributed by atoms with van der Waals surface area (Å²) in [7, 11) is 3.88. The molecule has 7 heteroatoms. The number of carbonyl (C=O) groups excluding carboxylic acids is 2. The van der Waals surface area contributed by atoms with Crippen LogP contribution in [-0.4, -0.2) is 54.4 Å². The smallest absolute Gasteiger partial charge is 0.252 e. The summed E-state index contributed by atoms with van der Waals surface area (Å²) in [4.78, 5) is 26.0. The molecule has 1 aromatic rings. The van der Waals surface area contributed by atoms with Crippen LogP contribution in [0.2, 0.25) is 5.02 Å². The molecule has 0 saturated carbocycles. The molecule has 0 spiro atoms. The van der Waals surface area contributed by atoms with Gasteiger partial charge in [0.1, 0.15) is 0 Å². The maximum absolute atomic E-state index is 12.1. The third-order valence-corrected chi connectivity index (χ3v) is 4.56. The van der Waals surface area contributed by atoms with Crippen LogP contribution in [0.3, 0.4) is 0 Å². The molecule has 0 heterocycles. The van der Waals surface area contributed by atoms with Crippen LogP contribution >= 0.6 is 23.4 Å². The zero-order valence-electron chi connectivity index (χ0n) is 14.9. The van der Waals surface area contributed by atoms with Crippen LogP contribution in [0.4, 0.5) is 5.69 Å². The van der Waals surface area contributed by atoms with Crippen molar-refractivity contribution in [3.63, 3.8) is 0 Å². The topological polar surface area (TPSA) is 61.4 Å². The standard InChI is InChI=1S/C17H26ClN3O2S/c1-17(2,3)24-11-15(22)20-12-6-7-13(14(18)10-12)16(23)19-8-9-21(4)5/h6-7,10H,8-9,11H2,1-5H3,(H,19,23)(H,20,22). The lowest BCUT2D eigenvalue weighted by molar-refractivity contribution is -0.113. The summed E-state index contributed by atoms with van der Waals surface area (Å²) < 4.78 is 0.0312. The number of rotatable bonds is 7. The Morgan fingerprint density at radius 3 is 2.46 bits per heavy atom. The number of halogens is 1. The van der Waals surface area contributed by atoms with Crippen LogP contribution in [0.5, 0.6) is 0 Å². The van der Waals surface area contributed by atoms with E-state index in [0.717, 1.165) is 6.54 Å². The highest BCUT2D eigenvalue weighted by atomic mass is 35.5. The molecule has 0 aliphatic heterocycles. The number of nitrogens with one attached hydrogen (secondary N) is 2. The number of likely N-dealkylation sites (N-methyl/N-ethyl adjacent to an activating group) is 1. The first-order valence-corrected chi connectivity index (χ1v) is 9.11. The van der Waals surface area contributed by atoms with E-state index >= 15 is 0 Å². The van der Waals surface area contributed by atoms with Crippen LogP contribution in [0.15, 0.2) is 18.2 Å². The van der Waals surface area contributed by atoms with Gasteiger partial charge >= 0.3 is 0 Å². The zero-order chi connectivity index (χ0) is 18.3. The molecular weight excluding hydrogens is 346 g/mol. The molecule has 2 amide bonds. The van der Waals surface area contributed by atoms with E-state index < -0.39 is 0 Å². The molecule has 0 radical (unpaired) electrons. The fraction of sp³-hybridized carbons (Fsp3) is 0.529. The molecular formula is C17H26ClN3O2S. The average Bonchev–Trinajstić information content (AvgIpc) is 2.44. The van der Waals surface area contributed by atoms with Crippen molar-refractivity contribution in [2.45, 2.75) is 25.5 Å². The number of amides is 2. The summed E-state index contributed by atoms with van der Waals surface area (Å²) in [5, 5.41) is 5.93. The second-order valence-corrected chi connectivity index (χ2v) is 8.91. The van der Waals surface area contributed by atoms with Crippen molar-refractivity contribution in [2.75, 3.05) is 38.3 Å². The molecule has 0 aromatic heterocycles. The van der Waals surface area contributed by atoms with Crippen molar-refractivity contribution in [1.82, 2.24) is 10.2 Å². The number of anilines is 1. The van der Waals surface area contributed by atoms with E-state index in [-0.39, 0.29) is 16.6 Å². The zero-order valence-corrected chi connectivity index (χ0v) is 16.5. The third kappa shape index (κ3) is 8.04. The Morgan fingerprint density at radius 1 is 1.25 bits per heavy atom. The molecule has 2 N–H and O–H groups in total. The van der Waals surface area contributed by atoms with Gasteiger partial charge < -0.3 is 15.5 Å². The van der Waals surface area contributed by atoms with Crippen molar-refractivity contribution in [2.24, 2.45) is 0 Å². The van der Waals surface area contributed by atoms with Crippen LogP contribution < -0.4 is 10.6 Å². The van der Waals surface area contributed by atoms with Crippen LogP contribution in [0.1, 0.15) is 31.1 Å². The molecule has 0 atom stereocenters. The summed E-state index contributed by atoms with van der Waals surface area (Å²) in [6.45, 7) is 7.48. The van der Waals surface area contributed by atoms with E-state index in [9.17, 15) is 9.59 Å². The lowest BCUT2D eigenvalue weighted by Crippen LogP contribution is -2.31. The highest BCUT2D eigenvalue weighted by Gasteiger charge is 2.15. The average molecular weight is 372 g/mol. The number of nitrogens with zero attached hydrogens (tertiary/aromatic N) is 1. The van der Waals surface area contributed by atoms with E-state index in [2.05, 4.69) is 31.4 Å². The Bertz CT molecular complexity index is 586. The van der Waals surface area contributed by atoms with E-state index in [1.54, 1.807) is 30.0 Å². The van der Waals surface area contributed by atoms with Crippen molar-refractivity contribution in [1.29, 1.82) is 0 Å². The Morgan fingerprint density at radius 2 is 1.92 bits per heavy atom. The molecule has 0 unspecified atom stereocenters. The Balaban J connectivity index is 2.60. The van der Waals surface area contributed by atoms with Crippen molar-refractivity contribution < 1.29 is 9.59 Å².